The van der Waals surface area contributed by atoms with E-state index in [9.17, 15) is 4.79 Å². The second-order valence-corrected chi connectivity index (χ2v) is 8.45. The van der Waals surface area contributed by atoms with Crippen LogP contribution in [0.4, 0.5) is 5.69 Å². The van der Waals surface area contributed by atoms with E-state index < -0.39 is 0 Å². The first-order valence-electron chi connectivity index (χ1n) is 10.3. The third kappa shape index (κ3) is 5.35. The Morgan fingerprint density at radius 3 is 2.58 bits per heavy atom. The summed E-state index contributed by atoms with van der Waals surface area (Å²) in [5.74, 6) is 1.20. The number of furan rings is 1. The van der Waals surface area contributed by atoms with Gasteiger partial charge in [-0.3, -0.25) is 9.69 Å². The number of anilines is 1. The number of amides is 1. The average molecular weight is 461 g/mol. The maximum Gasteiger partial charge on any atom is 0.267 e. The molecule has 4 rings (SSSR count). The number of carbonyl (C=O) groups excluding carboxylic acids is 1. The molecule has 0 bridgehead atoms. The lowest BCUT2D eigenvalue weighted by molar-refractivity contribution is -0.122. The van der Waals surface area contributed by atoms with Crippen molar-refractivity contribution in [1.82, 2.24) is 4.90 Å². The molecule has 1 fully saturated rings. The van der Waals surface area contributed by atoms with E-state index in [4.69, 9.17) is 9.15 Å². The van der Waals surface area contributed by atoms with Gasteiger partial charge in [-0.15, -0.1) is 5.10 Å². The van der Waals surface area contributed by atoms with Gasteiger partial charge in [0.05, 0.1) is 31.0 Å². The van der Waals surface area contributed by atoms with Crippen molar-refractivity contribution in [2.24, 2.45) is 10.2 Å². The molecule has 3 aromatic rings. The fourth-order valence-electron chi connectivity index (χ4n) is 3.21. The van der Waals surface area contributed by atoms with Gasteiger partial charge in [0.2, 0.25) is 0 Å². The summed E-state index contributed by atoms with van der Waals surface area (Å²) in [5, 5.41) is 9.08. The zero-order valence-electron chi connectivity index (χ0n) is 18.6. The minimum Gasteiger partial charge on any atom is -0.496 e. The maximum absolute atomic E-state index is 13.2. The van der Waals surface area contributed by atoms with Crippen LogP contribution in [0.1, 0.15) is 16.9 Å². The molecule has 1 amide bonds. The van der Waals surface area contributed by atoms with Crippen molar-refractivity contribution in [2.45, 2.75) is 6.54 Å². The molecule has 8 heteroatoms. The van der Waals surface area contributed by atoms with Crippen LogP contribution >= 0.6 is 11.8 Å². The van der Waals surface area contributed by atoms with E-state index in [1.165, 1.54) is 11.8 Å². The van der Waals surface area contributed by atoms with Gasteiger partial charge in [-0.25, -0.2) is 0 Å². The fraction of sp³-hybridized carbons (Fsp3) is 0.160. The highest BCUT2D eigenvalue weighted by Gasteiger charge is 2.34. The summed E-state index contributed by atoms with van der Waals surface area (Å²) < 4.78 is 10.9. The van der Waals surface area contributed by atoms with Crippen molar-refractivity contribution in [3.63, 3.8) is 0 Å². The molecular weight excluding hydrogens is 436 g/mol. The first-order valence-corrected chi connectivity index (χ1v) is 11.1. The lowest BCUT2D eigenvalue weighted by Gasteiger charge is -2.12. The van der Waals surface area contributed by atoms with Gasteiger partial charge in [0.1, 0.15) is 11.5 Å². The number of hydrogen-bond acceptors (Lipinski definition) is 7. The van der Waals surface area contributed by atoms with Crippen LogP contribution in [-0.2, 0) is 11.3 Å². The predicted molar refractivity (Wildman–Crippen MR) is 134 cm³/mol. The quantitative estimate of drug-likeness (QED) is 0.286. The molecule has 1 aliphatic heterocycles. The lowest BCUT2D eigenvalue weighted by atomic mass is 10.2. The third-order valence-electron chi connectivity index (χ3n) is 4.97. The number of carbonyl (C=O) groups is 1. The molecule has 0 spiro atoms. The van der Waals surface area contributed by atoms with Crippen LogP contribution in [-0.4, -0.2) is 43.4 Å². The molecule has 1 saturated heterocycles. The second-order valence-electron chi connectivity index (χ2n) is 7.44. The molecule has 33 heavy (non-hydrogen) atoms. The summed E-state index contributed by atoms with van der Waals surface area (Å²) in [6, 6.07) is 19.1. The Morgan fingerprint density at radius 1 is 1.09 bits per heavy atom. The first kappa shape index (κ1) is 22.4. The highest BCUT2D eigenvalue weighted by atomic mass is 32.2. The van der Waals surface area contributed by atoms with E-state index in [1.54, 1.807) is 30.6 Å². The molecule has 0 radical (unpaired) electrons. The molecule has 0 N–H and O–H groups in total. The third-order valence-corrected chi connectivity index (χ3v) is 5.96. The second kappa shape index (κ2) is 10.2. The number of amidine groups is 1. The minimum absolute atomic E-state index is 0.161. The highest BCUT2D eigenvalue weighted by Crippen LogP contribution is 2.35. The summed E-state index contributed by atoms with van der Waals surface area (Å²) in [4.78, 5) is 17.3. The normalized spacial score (nSPS) is 16.3. The zero-order valence-corrected chi connectivity index (χ0v) is 19.5. The van der Waals surface area contributed by atoms with Gasteiger partial charge in [-0.1, -0.05) is 30.3 Å². The summed E-state index contributed by atoms with van der Waals surface area (Å²) in [7, 11) is 5.59. The number of hydrogen-bond donors (Lipinski definition) is 0. The first-order chi connectivity index (χ1) is 16.0. The van der Waals surface area contributed by atoms with Crippen LogP contribution < -0.4 is 9.64 Å². The van der Waals surface area contributed by atoms with E-state index in [-0.39, 0.29) is 12.5 Å². The van der Waals surface area contributed by atoms with Crippen LogP contribution in [0.25, 0.3) is 6.08 Å². The molecule has 0 atom stereocenters. The summed E-state index contributed by atoms with van der Waals surface area (Å²) in [6.07, 6.45) is 5.07. The Morgan fingerprint density at radius 2 is 1.88 bits per heavy atom. The Kier molecular flexibility index (Phi) is 6.95. The van der Waals surface area contributed by atoms with Gasteiger partial charge >= 0.3 is 0 Å². The molecule has 1 aromatic heterocycles. The minimum atomic E-state index is -0.161. The monoisotopic (exact) mass is 460 g/mol. The van der Waals surface area contributed by atoms with Crippen LogP contribution in [0.5, 0.6) is 5.75 Å². The van der Waals surface area contributed by atoms with Gasteiger partial charge in [-0.2, -0.15) is 5.10 Å². The Hall–Kier alpha value is -3.78. The smallest absolute Gasteiger partial charge is 0.267 e. The van der Waals surface area contributed by atoms with Crippen molar-refractivity contribution in [3.05, 3.63) is 88.7 Å². The SMILES string of the molecule is COc1ccccc1/C=C1\S/C(=N/N=C\c2ccc(N(C)C)cc2)N(Cc2ccco2)C1=O. The number of rotatable bonds is 7. The van der Waals surface area contributed by atoms with Crippen LogP contribution in [0.2, 0.25) is 0 Å². The van der Waals surface area contributed by atoms with Crippen molar-refractivity contribution < 1.29 is 13.9 Å². The van der Waals surface area contributed by atoms with Gasteiger partial charge < -0.3 is 14.1 Å². The van der Waals surface area contributed by atoms with Gasteiger partial charge in [0, 0.05) is 25.3 Å². The molecule has 0 aliphatic carbocycles. The van der Waals surface area contributed by atoms with Gasteiger partial charge in [0.25, 0.3) is 5.91 Å². The van der Waals surface area contributed by atoms with Crippen LogP contribution in [0, 0.1) is 0 Å². The average Bonchev–Trinajstić information content (AvgIpc) is 3.44. The van der Waals surface area contributed by atoms with Crippen molar-refractivity contribution in [2.75, 3.05) is 26.1 Å². The number of para-hydroxylation sites is 1. The number of nitrogens with zero attached hydrogens (tertiary/aromatic N) is 4. The maximum atomic E-state index is 13.2. The molecule has 7 nitrogen and oxygen atoms in total. The van der Waals surface area contributed by atoms with E-state index in [0.29, 0.717) is 21.6 Å². The Bertz CT molecular complexity index is 1200. The lowest BCUT2D eigenvalue weighted by Crippen LogP contribution is -2.28. The Labute approximate surface area is 197 Å². The summed E-state index contributed by atoms with van der Waals surface area (Å²) in [6.45, 7) is 0.272. The molecule has 168 valence electrons. The standard InChI is InChI=1S/C25H24N4O3S/c1-28(2)20-12-10-18(11-13-20)16-26-27-25-29(17-21-8-6-14-32-21)24(30)23(33-25)15-19-7-4-5-9-22(19)31-3/h4-16H,17H2,1-3H3/b23-15-,26-16-,27-25+. The topological polar surface area (TPSA) is 70.6 Å². The summed E-state index contributed by atoms with van der Waals surface area (Å²) >= 11 is 1.27. The number of ether oxygens (including phenoxy) is 1. The molecule has 2 heterocycles. The number of thioether (sulfide) groups is 1. The van der Waals surface area contributed by atoms with Gasteiger partial charge in [-0.05, 0) is 53.7 Å². The summed E-state index contributed by atoms with van der Waals surface area (Å²) in [5.41, 5.74) is 2.84. The molecule has 1 aliphatic rings. The van der Waals surface area contributed by atoms with E-state index in [0.717, 1.165) is 16.8 Å². The van der Waals surface area contributed by atoms with Crippen LogP contribution in [0.3, 0.4) is 0 Å². The van der Waals surface area contributed by atoms with Crippen molar-refractivity contribution in [1.29, 1.82) is 0 Å². The van der Waals surface area contributed by atoms with Gasteiger partial charge in [0.15, 0.2) is 5.17 Å². The highest BCUT2D eigenvalue weighted by molar-refractivity contribution is 8.18. The van der Waals surface area contributed by atoms with Crippen molar-refractivity contribution >= 4 is 40.8 Å². The molecule has 2 aromatic carbocycles. The number of methoxy groups -OCH3 is 1. The van der Waals surface area contributed by atoms with Crippen LogP contribution in [0.15, 0.2) is 86.5 Å². The Balaban J connectivity index is 1.61. The van der Waals surface area contributed by atoms with Crippen molar-refractivity contribution in [3.8, 4) is 5.75 Å². The van der Waals surface area contributed by atoms with E-state index >= 15 is 0 Å². The molecular formula is C25H24N4O3S. The van der Waals surface area contributed by atoms with E-state index in [1.807, 2.05) is 79.7 Å². The fourth-order valence-corrected chi connectivity index (χ4v) is 4.14. The van der Waals surface area contributed by atoms with E-state index in [2.05, 4.69) is 10.2 Å². The zero-order chi connectivity index (χ0) is 23.2. The predicted octanol–water partition coefficient (Wildman–Crippen LogP) is 4.86. The largest absolute Gasteiger partial charge is 0.496 e. The number of benzene rings is 2. The molecule has 0 unspecified atom stereocenters. The molecule has 0 saturated carbocycles.